The molecular formula is C17H13BrF4N2OS. The molecule has 1 saturated heterocycles. The van der Waals surface area contributed by atoms with Crippen molar-refractivity contribution in [1.82, 2.24) is 10.2 Å². The van der Waals surface area contributed by atoms with Gasteiger partial charge in [-0.3, -0.25) is 0 Å². The third kappa shape index (κ3) is 3.64. The summed E-state index contributed by atoms with van der Waals surface area (Å²) in [5.41, 5.74) is 0.581. The molecule has 1 unspecified atom stereocenters. The van der Waals surface area contributed by atoms with E-state index in [1.165, 1.54) is 30.3 Å². The number of nitrogens with zero attached hydrogens (tertiary/aromatic N) is 1. The van der Waals surface area contributed by atoms with Crippen LogP contribution in [-0.2, 0) is 5.54 Å². The molecule has 0 aromatic heterocycles. The average molecular weight is 449 g/mol. The van der Waals surface area contributed by atoms with Crippen molar-refractivity contribution in [1.29, 1.82) is 0 Å². The molecular weight excluding hydrogens is 436 g/mol. The minimum atomic E-state index is -4.76. The first kappa shape index (κ1) is 18.9. The molecule has 0 aliphatic carbocycles. The summed E-state index contributed by atoms with van der Waals surface area (Å²) in [6, 6.07) is 10.1. The number of nitrogens with one attached hydrogen (secondary N) is 1. The van der Waals surface area contributed by atoms with Crippen LogP contribution in [0.15, 0.2) is 46.9 Å². The molecule has 0 amide bonds. The van der Waals surface area contributed by atoms with E-state index < -0.39 is 17.7 Å². The quantitative estimate of drug-likeness (QED) is 0.549. The molecule has 1 atom stereocenters. The molecule has 3 nitrogen and oxygen atoms in total. The van der Waals surface area contributed by atoms with Crippen LogP contribution in [0, 0.1) is 5.82 Å². The fraction of sp³-hybridized carbons (Fsp3) is 0.235. The Hall–Kier alpha value is -1.87. The number of rotatable bonds is 3. The third-order valence-electron chi connectivity index (χ3n) is 4.13. The van der Waals surface area contributed by atoms with Crippen LogP contribution < -0.4 is 10.1 Å². The molecule has 1 fully saturated rings. The van der Waals surface area contributed by atoms with Gasteiger partial charge in [-0.15, -0.1) is 13.2 Å². The molecule has 1 N–H and O–H groups in total. The lowest BCUT2D eigenvalue weighted by molar-refractivity contribution is -0.274. The predicted octanol–water partition coefficient (Wildman–Crippen LogP) is 4.55. The molecule has 0 spiro atoms. The Bertz CT molecular complexity index is 844. The summed E-state index contributed by atoms with van der Waals surface area (Å²) >= 11 is 8.47. The van der Waals surface area contributed by atoms with Gasteiger partial charge in [0.05, 0.1) is 11.0 Å². The van der Waals surface area contributed by atoms with Crippen LogP contribution in [0.2, 0.25) is 0 Å². The Morgan fingerprint density at radius 1 is 1.15 bits per heavy atom. The number of halogens is 5. The number of benzene rings is 2. The number of hydrogen-bond donors (Lipinski definition) is 1. The van der Waals surface area contributed by atoms with E-state index in [0.717, 1.165) is 5.56 Å². The zero-order chi connectivity index (χ0) is 19.1. The highest BCUT2D eigenvalue weighted by Crippen LogP contribution is 2.37. The number of hydrogen-bond acceptors (Lipinski definition) is 2. The lowest BCUT2D eigenvalue weighted by Crippen LogP contribution is -2.41. The molecule has 0 radical (unpaired) electrons. The SMILES string of the molecule is CN1CC(c2ccc(OC(F)(F)F)cc2)(c2ccc(F)c(Br)c2)NC1=S. The Morgan fingerprint density at radius 3 is 2.27 bits per heavy atom. The van der Waals surface area contributed by atoms with Crippen LogP contribution in [0.25, 0.3) is 0 Å². The van der Waals surface area contributed by atoms with Crippen molar-refractivity contribution in [3.63, 3.8) is 0 Å². The molecule has 1 aliphatic heterocycles. The predicted molar refractivity (Wildman–Crippen MR) is 96.4 cm³/mol. The highest BCUT2D eigenvalue weighted by molar-refractivity contribution is 9.10. The van der Waals surface area contributed by atoms with Crippen molar-refractivity contribution in [3.8, 4) is 5.75 Å². The van der Waals surface area contributed by atoms with E-state index in [2.05, 4.69) is 26.0 Å². The summed E-state index contributed by atoms with van der Waals surface area (Å²) in [6.07, 6.45) is -4.76. The van der Waals surface area contributed by atoms with Crippen LogP contribution in [0.1, 0.15) is 11.1 Å². The second kappa shape index (κ2) is 6.70. The van der Waals surface area contributed by atoms with Crippen molar-refractivity contribution in [2.75, 3.05) is 13.6 Å². The molecule has 0 bridgehead atoms. The molecule has 0 saturated carbocycles. The van der Waals surface area contributed by atoms with Gasteiger partial charge in [-0.1, -0.05) is 18.2 Å². The van der Waals surface area contributed by atoms with Crippen LogP contribution in [0.3, 0.4) is 0 Å². The monoisotopic (exact) mass is 448 g/mol. The van der Waals surface area contributed by atoms with Crippen molar-refractivity contribution in [2.45, 2.75) is 11.9 Å². The Labute approximate surface area is 161 Å². The second-order valence-corrected chi connectivity index (χ2v) is 7.13. The minimum absolute atomic E-state index is 0.286. The topological polar surface area (TPSA) is 24.5 Å². The summed E-state index contributed by atoms with van der Waals surface area (Å²) in [6.45, 7) is 0.434. The number of ether oxygens (including phenoxy) is 1. The van der Waals surface area contributed by atoms with Crippen molar-refractivity contribution in [3.05, 3.63) is 63.9 Å². The van der Waals surface area contributed by atoms with Gasteiger partial charge in [-0.25, -0.2) is 4.39 Å². The van der Waals surface area contributed by atoms with E-state index in [4.69, 9.17) is 12.2 Å². The zero-order valence-electron chi connectivity index (χ0n) is 13.4. The average Bonchev–Trinajstić information content (AvgIpc) is 2.85. The third-order valence-corrected chi connectivity index (χ3v) is 5.16. The van der Waals surface area contributed by atoms with Gasteiger partial charge in [0.1, 0.15) is 17.1 Å². The molecule has 26 heavy (non-hydrogen) atoms. The highest BCUT2D eigenvalue weighted by atomic mass is 79.9. The molecule has 2 aromatic rings. The largest absolute Gasteiger partial charge is 0.573 e. The van der Waals surface area contributed by atoms with E-state index in [0.29, 0.717) is 17.2 Å². The Morgan fingerprint density at radius 2 is 1.77 bits per heavy atom. The zero-order valence-corrected chi connectivity index (χ0v) is 15.8. The van der Waals surface area contributed by atoms with E-state index in [9.17, 15) is 17.6 Å². The van der Waals surface area contributed by atoms with Crippen molar-refractivity contribution in [2.24, 2.45) is 0 Å². The van der Waals surface area contributed by atoms with Crippen molar-refractivity contribution >= 4 is 33.3 Å². The lowest BCUT2D eigenvalue weighted by Gasteiger charge is -2.30. The number of alkyl halides is 3. The summed E-state index contributed by atoms with van der Waals surface area (Å²) in [5, 5.41) is 3.70. The summed E-state index contributed by atoms with van der Waals surface area (Å²) in [4.78, 5) is 1.81. The first-order valence-electron chi connectivity index (χ1n) is 7.46. The van der Waals surface area contributed by atoms with Gasteiger partial charge >= 0.3 is 6.36 Å². The molecule has 3 rings (SSSR count). The molecule has 1 aliphatic rings. The summed E-state index contributed by atoms with van der Waals surface area (Å²) < 4.78 is 55.0. The van der Waals surface area contributed by atoms with Gasteiger partial charge in [0, 0.05) is 7.05 Å². The van der Waals surface area contributed by atoms with Crippen LogP contribution in [-0.4, -0.2) is 30.0 Å². The van der Waals surface area contributed by atoms with Gasteiger partial charge in [0.25, 0.3) is 0 Å². The normalized spacial score (nSPS) is 20.2. The fourth-order valence-electron chi connectivity index (χ4n) is 2.94. The smallest absolute Gasteiger partial charge is 0.406 e. The Kier molecular flexibility index (Phi) is 4.87. The highest BCUT2D eigenvalue weighted by Gasteiger charge is 2.42. The summed E-state index contributed by atoms with van der Waals surface area (Å²) in [5.74, 6) is -0.725. The number of thiocarbonyl (C=S) groups is 1. The number of likely N-dealkylation sites (N-methyl/N-ethyl adjacent to an activating group) is 1. The first-order valence-corrected chi connectivity index (χ1v) is 8.66. The second-order valence-electron chi connectivity index (χ2n) is 5.89. The van der Waals surface area contributed by atoms with Gasteiger partial charge in [-0.05, 0) is 63.5 Å². The van der Waals surface area contributed by atoms with Crippen LogP contribution in [0.5, 0.6) is 5.75 Å². The standard InChI is InChI=1S/C17H13BrF4N2OS/c1-24-9-16(23-15(24)26,11-4-7-14(19)13(18)8-11)10-2-5-12(6-3-10)25-17(20,21)22/h2-8H,9H2,1H3,(H,23,26). The van der Waals surface area contributed by atoms with Crippen LogP contribution in [0.4, 0.5) is 17.6 Å². The van der Waals surface area contributed by atoms with Gasteiger partial charge in [0.2, 0.25) is 0 Å². The maximum atomic E-state index is 13.7. The molecule has 2 aromatic carbocycles. The molecule has 9 heteroatoms. The van der Waals surface area contributed by atoms with E-state index >= 15 is 0 Å². The first-order chi connectivity index (χ1) is 12.1. The lowest BCUT2D eigenvalue weighted by atomic mass is 9.83. The molecule has 138 valence electrons. The maximum Gasteiger partial charge on any atom is 0.573 e. The van der Waals surface area contributed by atoms with Gasteiger partial charge in [-0.2, -0.15) is 0 Å². The summed E-state index contributed by atoms with van der Waals surface area (Å²) in [7, 11) is 1.80. The van der Waals surface area contributed by atoms with Crippen molar-refractivity contribution < 1.29 is 22.3 Å². The van der Waals surface area contributed by atoms with Gasteiger partial charge in [0.15, 0.2) is 5.11 Å². The van der Waals surface area contributed by atoms with E-state index in [1.807, 2.05) is 4.90 Å². The maximum absolute atomic E-state index is 13.7. The van der Waals surface area contributed by atoms with Crippen LogP contribution >= 0.6 is 28.1 Å². The van der Waals surface area contributed by atoms with E-state index in [-0.39, 0.29) is 10.2 Å². The fourth-order valence-corrected chi connectivity index (χ4v) is 3.56. The van der Waals surface area contributed by atoms with Gasteiger partial charge < -0.3 is 15.0 Å². The Balaban J connectivity index is 2.05. The minimum Gasteiger partial charge on any atom is -0.406 e. The van der Waals surface area contributed by atoms with E-state index in [1.54, 1.807) is 19.2 Å². The molecule has 1 heterocycles.